The molecule has 0 bridgehead atoms. The lowest BCUT2D eigenvalue weighted by atomic mass is 10.0. The number of benzene rings is 4. The van der Waals surface area contributed by atoms with Gasteiger partial charge in [-0.3, -0.25) is 9.40 Å². The first kappa shape index (κ1) is 27.6. The number of halogens is 5. The molecule has 7 nitrogen and oxygen atoms in total. The number of carbonyl (C=O) groups is 1. The number of fused-ring (bicyclic) bond motifs is 3. The van der Waals surface area contributed by atoms with Gasteiger partial charge in [-0.1, -0.05) is 47.5 Å². The summed E-state index contributed by atoms with van der Waals surface area (Å²) < 4.78 is 49.9. The highest BCUT2D eigenvalue weighted by molar-refractivity contribution is 7.96. The number of alkyl halides is 3. The summed E-state index contributed by atoms with van der Waals surface area (Å²) in [5, 5.41) is 10.5. The number of nitrogens with zero attached hydrogens (tertiary/aromatic N) is 3. The number of anilines is 1. The summed E-state index contributed by atoms with van der Waals surface area (Å²) in [6, 6.07) is 19.6. The van der Waals surface area contributed by atoms with Crippen molar-refractivity contribution in [1.29, 1.82) is 0 Å². The Kier molecular flexibility index (Phi) is 7.79. The number of para-hydroxylation sites is 1. The molecule has 0 atom stereocenters. The number of aryl methyl sites for hydroxylation is 1. The molecule has 0 saturated heterocycles. The summed E-state index contributed by atoms with van der Waals surface area (Å²) in [6.07, 6.45) is -3.15. The van der Waals surface area contributed by atoms with E-state index in [0.717, 1.165) is 45.1 Å². The Hall–Kier alpha value is -3.93. The first-order valence-electron chi connectivity index (χ1n) is 11.5. The van der Waals surface area contributed by atoms with Crippen LogP contribution in [0.3, 0.4) is 0 Å². The van der Waals surface area contributed by atoms with E-state index in [-0.39, 0.29) is 5.75 Å². The molecule has 1 aromatic heterocycles. The third-order valence-electron chi connectivity index (χ3n) is 5.80. The maximum Gasteiger partial charge on any atom is 0.573 e. The Bertz CT molecular complexity index is 1740. The van der Waals surface area contributed by atoms with Crippen LogP contribution in [0.15, 0.2) is 77.2 Å². The minimum absolute atomic E-state index is 0.290. The average molecular weight is 604 g/mol. The number of urea groups is 1. The molecule has 2 amide bonds. The first-order valence-corrected chi connectivity index (χ1v) is 13.1. The van der Waals surface area contributed by atoms with Crippen LogP contribution in [-0.2, 0) is 7.05 Å². The van der Waals surface area contributed by atoms with E-state index in [1.54, 1.807) is 48.3 Å². The highest BCUT2D eigenvalue weighted by atomic mass is 35.5. The van der Waals surface area contributed by atoms with Crippen molar-refractivity contribution in [3.05, 3.63) is 88.4 Å². The summed E-state index contributed by atoms with van der Waals surface area (Å²) in [7, 11) is 1.78. The molecule has 0 spiro atoms. The molecule has 5 aromatic rings. The monoisotopic (exact) mass is 603 g/mol. The third kappa shape index (κ3) is 6.11. The Labute approximate surface area is 240 Å². The first-order chi connectivity index (χ1) is 19.1. The SMILES string of the molecule is Cn1nc2c(ccc3cc(C=NSNC(=O)Nc4c(Cl)cccc4Cl)ccc32)c1-c1ccc(OC(F)(F)F)cc1. The van der Waals surface area contributed by atoms with Crippen molar-refractivity contribution < 1.29 is 22.7 Å². The molecule has 40 heavy (non-hydrogen) atoms. The number of hydrogen-bond acceptors (Lipinski definition) is 5. The van der Waals surface area contributed by atoms with Gasteiger partial charge in [0.2, 0.25) is 0 Å². The van der Waals surface area contributed by atoms with Gasteiger partial charge in [0.15, 0.2) is 0 Å². The Morgan fingerprint density at radius 1 is 1.02 bits per heavy atom. The van der Waals surface area contributed by atoms with Gasteiger partial charge < -0.3 is 10.1 Å². The molecule has 0 fully saturated rings. The van der Waals surface area contributed by atoms with Crippen LogP contribution in [0, 0.1) is 0 Å². The normalized spacial score (nSPS) is 11.8. The summed E-state index contributed by atoms with van der Waals surface area (Å²) in [5.74, 6) is -0.290. The van der Waals surface area contributed by atoms with Crippen LogP contribution in [0.5, 0.6) is 5.75 Å². The Morgan fingerprint density at radius 3 is 2.42 bits per heavy atom. The second kappa shape index (κ2) is 11.3. The van der Waals surface area contributed by atoms with E-state index in [4.69, 9.17) is 23.2 Å². The van der Waals surface area contributed by atoms with Crippen LogP contribution in [0.4, 0.5) is 23.7 Å². The maximum atomic E-state index is 12.5. The second-order valence-electron chi connectivity index (χ2n) is 8.47. The van der Waals surface area contributed by atoms with Crippen molar-refractivity contribution in [3.63, 3.8) is 0 Å². The smallest absolute Gasteiger partial charge is 0.406 e. The summed E-state index contributed by atoms with van der Waals surface area (Å²) in [4.78, 5) is 12.1. The van der Waals surface area contributed by atoms with Crippen LogP contribution < -0.4 is 14.8 Å². The predicted molar refractivity (Wildman–Crippen MR) is 154 cm³/mol. The summed E-state index contributed by atoms with van der Waals surface area (Å²) in [5.41, 5.74) is 3.32. The molecule has 0 radical (unpaired) electrons. The lowest BCUT2D eigenvalue weighted by Gasteiger charge is -2.09. The third-order valence-corrected chi connectivity index (χ3v) is 6.92. The lowest BCUT2D eigenvalue weighted by Crippen LogP contribution is -2.22. The number of hydrogen-bond donors (Lipinski definition) is 2. The number of nitrogens with one attached hydrogen (secondary N) is 2. The van der Waals surface area contributed by atoms with Crippen LogP contribution in [0.2, 0.25) is 10.0 Å². The molecule has 0 aliphatic heterocycles. The predicted octanol–water partition coefficient (Wildman–Crippen LogP) is 8.40. The number of ether oxygens (including phenoxy) is 1. The standard InChI is InChI=1S/C27H18Cl2F3N5O2S/c1-37-25(16-6-9-18(10-7-16)39-27(30,31)32)20-12-8-17-13-15(5-11-19(17)23(20)35-37)14-33-40-36-26(38)34-24-21(28)3-2-4-22(24)29/h2-14H,1H3,(H2,34,36,38). The van der Waals surface area contributed by atoms with Crippen molar-refractivity contribution >= 4 is 74.9 Å². The van der Waals surface area contributed by atoms with Crippen molar-refractivity contribution in [2.24, 2.45) is 11.4 Å². The molecule has 0 aliphatic carbocycles. The average Bonchev–Trinajstić information content (AvgIpc) is 3.24. The van der Waals surface area contributed by atoms with Crippen molar-refractivity contribution in [1.82, 2.24) is 14.5 Å². The molecule has 1 heterocycles. The highest BCUT2D eigenvalue weighted by Crippen LogP contribution is 2.34. The van der Waals surface area contributed by atoms with Gasteiger partial charge in [0.1, 0.15) is 11.3 Å². The molecule has 13 heteroatoms. The van der Waals surface area contributed by atoms with Crippen molar-refractivity contribution in [2.45, 2.75) is 6.36 Å². The summed E-state index contributed by atoms with van der Waals surface area (Å²) in [6.45, 7) is 0. The molecule has 2 N–H and O–H groups in total. The second-order valence-corrected chi connectivity index (χ2v) is 9.88. The van der Waals surface area contributed by atoms with E-state index in [2.05, 4.69) is 24.3 Å². The van der Waals surface area contributed by atoms with E-state index in [1.807, 2.05) is 30.3 Å². The van der Waals surface area contributed by atoms with Gasteiger partial charge in [0.05, 0.1) is 33.6 Å². The van der Waals surface area contributed by atoms with E-state index in [9.17, 15) is 18.0 Å². The highest BCUT2D eigenvalue weighted by Gasteiger charge is 2.31. The van der Waals surface area contributed by atoms with Gasteiger partial charge in [-0.05, 0) is 59.5 Å². The van der Waals surface area contributed by atoms with Gasteiger partial charge in [0, 0.05) is 29.6 Å². The molecule has 0 saturated carbocycles. The lowest BCUT2D eigenvalue weighted by molar-refractivity contribution is -0.274. The molecular formula is C27H18Cl2F3N5O2S. The van der Waals surface area contributed by atoms with E-state index >= 15 is 0 Å². The van der Waals surface area contributed by atoms with Crippen LogP contribution in [-0.4, -0.2) is 28.4 Å². The quantitative estimate of drug-likeness (QED) is 0.151. The summed E-state index contributed by atoms with van der Waals surface area (Å²) >= 11 is 13.0. The van der Waals surface area contributed by atoms with Crippen LogP contribution >= 0.6 is 35.3 Å². The van der Waals surface area contributed by atoms with E-state index in [0.29, 0.717) is 21.3 Å². The molecular weight excluding hydrogens is 586 g/mol. The Morgan fingerprint density at radius 2 is 1.73 bits per heavy atom. The Balaban J connectivity index is 1.30. The fourth-order valence-electron chi connectivity index (χ4n) is 4.15. The van der Waals surface area contributed by atoms with Gasteiger partial charge in [-0.2, -0.15) is 5.10 Å². The van der Waals surface area contributed by atoms with Gasteiger partial charge in [-0.15, -0.1) is 13.2 Å². The zero-order valence-electron chi connectivity index (χ0n) is 20.5. The van der Waals surface area contributed by atoms with Crippen molar-refractivity contribution in [3.8, 4) is 17.0 Å². The number of aromatic nitrogens is 2. The zero-order chi connectivity index (χ0) is 28.4. The number of rotatable bonds is 6. The molecule has 5 rings (SSSR count). The molecule has 4 aromatic carbocycles. The number of amides is 2. The van der Waals surface area contributed by atoms with Gasteiger partial charge in [-0.25, -0.2) is 9.19 Å². The molecule has 0 aliphatic rings. The molecule has 0 unspecified atom stereocenters. The topological polar surface area (TPSA) is 80.5 Å². The fourth-order valence-corrected chi connectivity index (χ4v) is 5.01. The minimum Gasteiger partial charge on any atom is -0.406 e. The van der Waals surface area contributed by atoms with Crippen molar-refractivity contribution in [2.75, 3.05) is 5.32 Å². The van der Waals surface area contributed by atoms with E-state index < -0.39 is 12.4 Å². The minimum atomic E-state index is -4.75. The maximum absolute atomic E-state index is 12.5. The van der Waals surface area contributed by atoms with Gasteiger partial charge >= 0.3 is 12.4 Å². The van der Waals surface area contributed by atoms with Crippen LogP contribution in [0.25, 0.3) is 32.9 Å². The van der Waals surface area contributed by atoms with Gasteiger partial charge in [0.25, 0.3) is 0 Å². The van der Waals surface area contributed by atoms with E-state index in [1.165, 1.54) is 12.1 Å². The molecule has 204 valence electrons. The van der Waals surface area contributed by atoms with Crippen LogP contribution in [0.1, 0.15) is 5.56 Å². The fraction of sp³-hybridized carbons (Fsp3) is 0.0741. The largest absolute Gasteiger partial charge is 0.573 e. The zero-order valence-corrected chi connectivity index (χ0v) is 22.8. The number of carbonyl (C=O) groups excluding carboxylic acids is 1.